The summed E-state index contributed by atoms with van der Waals surface area (Å²) in [5, 5.41) is 10.5. The molecule has 8 heteroatoms. The van der Waals surface area contributed by atoms with Gasteiger partial charge in [-0.05, 0) is 19.4 Å². The summed E-state index contributed by atoms with van der Waals surface area (Å²) in [7, 11) is 1.85. The van der Waals surface area contributed by atoms with Crippen LogP contribution in [0.25, 0.3) is 0 Å². The normalized spacial score (nSPS) is 19.0. The van der Waals surface area contributed by atoms with Gasteiger partial charge in [-0.2, -0.15) is 10.1 Å². The summed E-state index contributed by atoms with van der Waals surface area (Å²) in [5.74, 6) is 1.38. The molecule has 2 aromatic heterocycles. The third kappa shape index (κ3) is 3.58. The molecule has 1 fully saturated rings. The molecular weight excluding hydrogens is 296 g/mol. The van der Waals surface area contributed by atoms with Crippen molar-refractivity contribution in [2.45, 2.75) is 38.8 Å². The number of nitrogens with zero attached hydrogens (tertiary/aromatic N) is 5. The highest BCUT2D eigenvalue weighted by atomic mass is 16.5. The Kier molecular flexibility index (Phi) is 4.71. The first-order valence-corrected chi connectivity index (χ1v) is 7.97. The van der Waals surface area contributed by atoms with Gasteiger partial charge in [0.1, 0.15) is 0 Å². The molecule has 3 rings (SSSR count). The van der Waals surface area contributed by atoms with Crippen molar-refractivity contribution < 1.29 is 9.32 Å². The van der Waals surface area contributed by atoms with Crippen molar-refractivity contribution in [2.75, 3.05) is 20.1 Å². The van der Waals surface area contributed by atoms with Crippen molar-refractivity contribution in [1.82, 2.24) is 30.1 Å². The predicted molar refractivity (Wildman–Crippen MR) is 82.7 cm³/mol. The Morgan fingerprint density at radius 1 is 1.57 bits per heavy atom. The van der Waals surface area contributed by atoms with Gasteiger partial charge in [0.15, 0.2) is 5.82 Å². The molecule has 8 nitrogen and oxygen atoms in total. The largest absolute Gasteiger partial charge is 0.339 e. The smallest absolute Gasteiger partial charge is 0.257 e. The summed E-state index contributed by atoms with van der Waals surface area (Å²) in [6.45, 7) is 4.45. The number of aromatic amines is 1. The van der Waals surface area contributed by atoms with Crippen molar-refractivity contribution in [2.24, 2.45) is 0 Å². The van der Waals surface area contributed by atoms with Crippen LogP contribution in [0.15, 0.2) is 16.9 Å². The number of likely N-dealkylation sites (tertiary alicyclic amines) is 1. The van der Waals surface area contributed by atoms with Crippen LogP contribution in [-0.2, 0) is 13.0 Å². The quantitative estimate of drug-likeness (QED) is 0.887. The summed E-state index contributed by atoms with van der Waals surface area (Å²) in [6.07, 6.45) is 5.99. The van der Waals surface area contributed by atoms with Gasteiger partial charge in [-0.1, -0.05) is 12.1 Å². The number of carbonyl (C=O) groups excluding carboxylic acids is 1. The standard InChI is InChI=1S/C15H22N6O2/c1-3-14-18-13(19-23-14)10-21-6-4-5-12(9-21)20(2)15(22)11-7-16-17-8-11/h7-8,12H,3-6,9-10H2,1-2H3,(H,16,17). The summed E-state index contributed by atoms with van der Waals surface area (Å²) in [6, 6.07) is 0.184. The molecule has 3 heterocycles. The van der Waals surface area contributed by atoms with Crippen LogP contribution in [0.3, 0.4) is 0 Å². The van der Waals surface area contributed by atoms with E-state index in [-0.39, 0.29) is 11.9 Å². The summed E-state index contributed by atoms with van der Waals surface area (Å²) in [4.78, 5) is 20.9. The van der Waals surface area contributed by atoms with E-state index in [1.807, 2.05) is 18.9 Å². The molecule has 0 saturated carbocycles. The Morgan fingerprint density at radius 2 is 2.43 bits per heavy atom. The molecule has 23 heavy (non-hydrogen) atoms. The first-order chi connectivity index (χ1) is 11.2. The number of likely N-dealkylation sites (N-methyl/N-ethyl adjacent to an activating group) is 1. The third-order valence-corrected chi connectivity index (χ3v) is 4.27. The van der Waals surface area contributed by atoms with Gasteiger partial charge in [0.2, 0.25) is 5.89 Å². The molecule has 1 saturated heterocycles. The number of H-pyrrole nitrogens is 1. The molecule has 0 aromatic carbocycles. The summed E-state index contributed by atoms with van der Waals surface area (Å²) >= 11 is 0. The van der Waals surface area contributed by atoms with Crippen LogP contribution in [0.4, 0.5) is 0 Å². The molecule has 0 aliphatic carbocycles. The van der Waals surface area contributed by atoms with Crippen LogP contribution >= 0.6 is 0 Å². The van der Waals surface area contributed by atoms with Gasteiger partial charge >= 0.3 is 0 Å². The number of nitrogens with one attached hydrogen (secondary N) is 1. The molecule has 124 valence electrons. The lowest BCUT2D eigenvalue weighted by Crippen LogP contribution is -2.48. The number of aryl methyl sites for hydroxylation is 1. The molecule has 0 radical (unpaired) electrons. The summed E-state index contributed by atoms with van der Waals surface area (Å²) in [5.41, 5.74) is 0.593. The highest BCUT2D eigenvalue weighted by Crippen LogP contribution is 2.18. The molecule has 2 aromatic rings. The Bertz CT molecular complexity index is 638. The van der Waals surface area contributed by atoms with E-state index in [0.717, 1.165) is 32.4 Å². The van der Waals surface area contributed by atoms with E-state index in [9.17, 15) is 4.79 Å². The zero-order chi connectivity index (χ0) is 16.2. The lowest BCUT2D eigenvalue weighted by Gasteiger charge is -2.37. The number of hydrogen-bond acceptors (Lipinski definition) is 6. The van der Waals surface area contributed by atoms with Gasteiger partial charge in [-0.25, -0.2) is 0 Å². The minimum Gasteiger partial charge on any atom is -0.339 e. The predicted octanol–water partition coefficient (Wildman–Crippen LogP) is 1.09. The van der Waals surface area contributed by atoms with Gasteiger partial charge in [0.05, 0.1) is 18.3 Å². The summed E-state index contributed by atoms with van der Waals surface area (Å²) < 4.78 is 5.15. The number of amides is 1. The number of carbonyl (C=O) groups is 1. The minimum absolute atomic E-state index is 0.00145. The number of piperidine rings is 1. The van der Waals surface area contributed by atoms with E-state index in [1.54, 1.807) is 12.4 Å². The maximum absolute atomic E-state index is 12.4. The first kappa shape index (κ1) is 15.7. The van der Waals surface area contributed by atoms with Gasteiger partial charge < -0.3 is 9.42 Å². The second-order valence-electron chi connectivity index (χ2n) is 5.89. The van der Waals surface area contributed by atoms with E-state index in [0.29, 0.717) is 23.8 Å². The van der Waals surface area contributed by atoms with E-state index < -0.39 is 0 Å². The zero-order valence-electron chi connectivity index (χ0n) is 13.5. The van der Waals surface area contributed by atoms with Crippen molar-refractivity contribution in [3.05, 3.63) is 29.7 Å². The Labute approximate surface area is 134 Å². The van der Waals surface area contributed by atoms with E-state index in [2.05, 4.69) is 25.2 Å². The van der Waals surface area contributed by atoms with Crippen LogP contribution in [0, 0.1) is 0 Å². The SMILES string of the molecule is CCc1nc(CN2CCCC(N(C)C(=O)c3cn[nH]c3)C2)no1. The molecule has 1 aliphatic heterocycles. The van der Waals surface area contributed by atoms with Crippen LogP contribution in [-0.4, -0.2) is 62.2 Å². The fourth-order valence-corrected chi connectivity index (χ4v) is 2.93. The molecule has 1 aliphatic rings. The van der Waals surface area contributed by atoms with Gasteiger partial charge in [-0.3, -0.25) is 14.8 Å². The fourth-order valence-electron chi connectivity index (χ4n) is 2.93. The molecular formula is C15H22N6O2. The average Bonchev–Trinajstić information content (AvgIpc) is 3.25. The van der Waals surface area contributed by atoms with Crippen LogP contribution in [0.1, 0.15) is 41.8 Å². The Morgan fingerprint density at radius 3 is 3.13 bits per heavy atom. The fraction of sp³-hybridized carbons (Fsp3) is 0.600. The first-order valence-electron chi connectivity index (χ1n) is 7.97. The van der Waals surface area contributed by atoms with Crippen molar-refractivity contribution >= 4 is 5.91 Å². The molecule has 1 unspecified atom stereocenters. The second-order valence-corrected chi connectivity index (χ2v) is 5.89. The monoisotopic (exact) mass is 318 g/mol. The van der Waals surface area contributed by atoms with Crippen molar-refractivity contribution in [3.63, 3.8) is 0 Å². The molecule has 0 spiro atoms. The lowest BCUT2D eigenvalue weighted by molar-refractivity contribution is 0.0605. The van der Waals surface area contributed by atoms with Crippen molar-refractivity contribution in [1.29, 1.82) is 0 Å². The van der Waals surface area contributed by atoms with Crippen LogP contribution < -0.4 is 0 Å². The minimum atomic E-state index is -0.00145. The van der Waals surface area contributed by atoms with E-state index in [4.69, 9.17) is 4.52 Å². The maximum atomic E-state index is 12.4. The van der Waals surface area contributed by atoms with E-state index >= 15 is 0 Å². The molecule has 1 amide bonds. The highest BCUT2D eigenvalue weighted by molar-refractivity contribution is 5.93. The number of rotatable bonds is 5. The highest BCUT2D eigenvalue weighted by Gasteiger charge is 2.27. The maximum Gasteiger partial charge on any atom is 0.257 e. The molecule has 1 N–H and O–H groups in total. The van der Waals surface area contributed by atoms with Gasteiger partial charge in [-0.15, -0.1) is 0 Å². The number of hydrogen-bond donors (Lipinski definition) is 1. The third-order valence-electron chi connectivity index (χ3n) is 4.27. The Hall–Kier alpha value is -2.22. The zero-order valence-corrected chi connectivity index (χ0v) is 13.5. The number of aromatic nitrogens is 4. The van der Waals surface area contributed by atoms with Crippen LogP contribution in [0.2, 0.25) is 0 Å². The average molecular weight is 318 g/mol. The van der Waals surface area contributed by atoms with Gasteiger partial charge in [0.25, 0.3) is 5.91 Å². The second kappa shape index (κ2) is 6.91. The van der Waals surface area contributed by atoms with Gasteiger partial charge in [0, 0.05) is 32.3 Å². The Balaban J connectivity index is 1.60. The lowest BCUT2D eigenvalue weighted by atomic mass is 10.0. The van der Waals surface area contributed by atoms with Crippen molar-refractivity contribution in [3.8, 4) is 0 Å². The van der Waals surface area contributed by atoms with Crippen LogP contribution in [0.5, 0.6) is 0 Å². The molecule has 1 atom stereocenters. The van der Waals surface area contributed by atoms with E-state index in [1.165, 1.54) is 0 Å². The topological polar surface area (TPSA) is 91.2 Å². The molecule has 0 bridgehead atoms.